The molecule has 0 saturated carbocycles. The zero-order valence-electron chi connectivity index (χ0n) is 13.8. The molecule has 0 radical (unpaired) electrons. The first-order valence-corrected chi connectivity index (χ1v) is 8.72. The summed E-state index contributed by atoms with van der Waals surface area (Å²) >= 11 is 3.49. The second-order valence-electron chi connectivity index (χ2n) is 5.38. The van der Waals surface area contributed by atoms with Gasteiger partial charge in [-0.1, -0.05) is 36.4 Å². The number of amides is 1. The standard InChI is InChI=1S/C20H16BrN3O2/c21-17-12-16(13-23-24-20(25)18-8-4-5-11-22-18)9-10-19(17)26-14-15-6-2-1-3-7-15/h1-13H,14H2,(H,24,25). The summed E-state index contributed by atoms with van der Waals surface area (Å²) in [4.78, 5) is 15.8. The summed E-state index contributed by atoms with van der Waals surface area (Å²) in [6, 6.07) is 20.7. The van der Waals surface area contributed by atoms with E-state index in [1.54, 1.807) is 30.6 Å². The van der Waals surface area contributed by atoms with Gasteiger partial charge in [-0.3, -0.25) is 9.78 Å². The molecule has 0 fully saturated rings. The molecule has 0 spiro atoms. The number of pyridine rings is 1. The smallest absolute Gasteiger partial charge is 0.289 e. The van der Waals surface area contributed by atoms with E-state index in [0.717, 1.165) is 21.3 Å². The molecule has 130 valence electrons. The lowest BCUT2D eigenvalue weighted by Gasteiger charge is -2.08. The molecule has 3 aromatic rings. The number of hydrogen-bond donors (Lipinski definition) is 1. The summed E-state index contributed by atoms with van der Waals surface area (Å²) in [6.07, 6.45) is 3.12. The summed E-state index contributed by atoms with van der Waals surface area (Å²) in [6.45, 7) is 0.493. The van der Waals surface area contributed by atoms with Crippen molar-refractivity contribution in [3.63, 3.8) is 0 Å². The van der Waals surface area contributed by atoms with Gasteiger partial charge in [0.05, 0.1) is 10.7 Å². The second-order valence-corrected chi connectivity index (χ2v) is 6.23. The fourth-order valence-corrected chi connectivity index (χ4v) is 2.68. The van der Waals surface area contributed by atoms with E-state index in [9.17, 15) is 4.79 Å². The van der Waals surface area contributed by atoms with Crippen LogP contribution in [0.25, 0.3) is 0 Å². The topological polar surface area (TPSA) is 63.6 Å². The Labute approximate surface area is 159 Å². The summed E-state index contributed by atoms with van der Waals surface area (Å²) in [5, 5.41) is 3.96. The third-order valence-corrected chi connectivity index (χ3v) is 4.09. The number of carbonyl (C=O) groups is 1. The van der Waals surface area contributed by atoms with Gasteiger partial charge in [-0.2, -0.15) is 5.10 Å². The zero-order valence-corrected chi connectivity index (χ0v) is 15.4. The third kappa shape index (κ3) is 5.00. The van der Waals surface area contributed by atoms with E-state index in [0.29, 0.717) is 12.3 Å². The van der Waals surface area contributed by atoms with Gasteiger partial charge in [0.15, 0.2) is 0 Å². The van der Waals surface area contributed by atoms with Gasteiger partial charge in [0.2, 0.25) is 0 Å². The van der Waals surface area contributed by atoms with Crippen LogP contribution in [0.4, 0.5) is 0 Å². The van der Waals surface area contributed by atoms with Crippen molar-refractivity contribution in [3.05, 3.63) is 94.2 Å². The highest BCUT2D eigenvalue weighted by molar-refractivity contribution is 9.10. The fourth-order valence-electron chi connectivity index (χ4n) is 2.17. The van der Waals surface area contributed by atoms with E-state index in [-0.39, 0.29) is 5.91 Å². The van der Waals surface area contributed by atoms with Crippen LogP contribution in [0, 0.1) is 0 Å². The van der Waals surface area contributed by atoms with Gasteiger partial charge in [0.25, 0.3) is 5.91 Å². The van der Waals surface area contributed by atoms with Crippen molar-refractivity contribution in [3.8, 4) is 5.75 Å². The van der Waals surface area contributed by atoms with Gasteiger partial charge >= 0.3 is 0 Å². The number of benzene rings is 2. The number of ether oxygens (including phenoxy) is 1. The minimum absolute atomic E-state index is 0.315. The van der Waals surface area contributed by atoms with Crippen LogP contribution in [0.15, 0.2) is 82.5 Å². The van der Waals surface area contributed by atoms with Crippen LogP contribution in [-0.4, -0.2) is 17.1 Å². The van der Waals surface area contributed by atoms with E-state index in [1.807, 2.05) is 48.5 Å². The first-order chi connectivity index (χ1) is 12.7. The lowest BCUT2D eigenvalue weighted by atomic mass is 10.2. The van der Waals surface area contributed by atoms with E-state index in [1.165, 1.54) is 0 Å². The number of hydrazone groups is 1. The predicted molar refractivity (Wildman–Crippen MR) is 104 cm³/mol. The monoisotopic (exact) mass is 409 g/mol. The van der Waals surface area contributed by atoms with Gasteiger partial charge in [-0.15, -0.1) is 0 Å². The van der Waals surface area contributed by atoms with Crippen LogP contribution in [0.2, 0.25) is 0 Å². The molecule has 26 heavy (non-hydrogen) atoms. The Bertz CT molecular complexity index is 899. The summed E-state index contributed by atoms with van der Waals surface area (Å²) in [5.74, 6) is 0.382. The molecular formula is C20H16BrN3O2. The molecule has 3 rings (SSSR count). The number of halogens is 1. The number of nitrogens with one attached hydrogen (secondary N) is 1. The highest BCUT2D eigenvalue weighted by atomic mass is 79.9. The van der Waals surface area contributed by atoms with Crippen LogP contribution < -0.4 is 10.2 Å². The van der Waals surface area contributed by atoms with Gasteiger partial charge in [-0.05, 0) is 57.4 Å². The van der Waals surface area contributed by atoms with Gasteiger partial charge < -0.3 is 4.74 Å². The average Bonchev–Trinajstić information content (AvgIpc) is 2.69. The van der Waals surface area contributed by atoms with Gasteiger partial charge in [-0.25, -0.2) is 5.43 Å². The molecule has 0 aliphatic carbocycles. The zero-order chi connectivity index (χ0) is 18.2. The Kier molecular flexibility index (Phi) is 6.11. The molecule has 1 N–H and O–H groups in total. The molecule has 0 aliphatic heterocycles. The van der Waals surface area contributed by atoms with E-state index in [4.69, 9.17) is 4.74 Å². The maximum Gasteiger partial charge on any atom is 0.289 e. The molecule has 6 heteroatoms. The Morgan fingerprint density at radius 2 is 1.92 bits per heavy atom. The first-order valence-electron chi connectivity index (χ1n) is 7.93. The minimum Gasteiger partial charge on any atom is -0.488 e. The molecule has 0 atom stereocenters. The van der Waals surface area contributed by atoms with Crippen molar-refractivity contribution < 1.29 is 9.53 Å². The second kappa shape index (κ2) is 8.92. The van der Waals surface area contributed by atoms with Crippen molar-refractivity contribution in [2.24, 2.45) is 5.10 Å². The summed E-state index contributed by atoms with van der Waals surface area (Å²) in [7, 11) is 0. The van der Waals surface area contributed by atoms with Crippen LogP contribution in [0.1, 0.15) is 21.6 Å². The number of aromatic nitrogens is 1. The molecule has 0 saturated heterocycles. The Morgan fingerprint density at radius 3 is 2.65 bits per heavy atom. The molecule has 1 heterocycles. The summed E-state index contributed by atoms with van der Waals surface area (Å²) < 4.78 is 6.62. The predicted octanol–water partition coefficient (Wildman–Crippen LogP) is 4.19. The van der Waals surface area contributed by atoms with Crippen LogP contribution in [0.3, 0.4) is 0 Å². The molecule has 1 aromatic heterocycles. The van der Waals surface area contributed by atoms with Crippen LogP contribution in [0.5, 0.6) is 5.75 Å². The molecule has 0 bridgehead atoms. The number of hydrogen-bond acceptors (Lipinski definition) is 4. The van der Waals surface area contributed by atoms with E-state index >= 15 is 0 Å². The molecule has 5 nitrogen and oxygen atoms in total. The van der Waals surface area contributed by atoms with Gasteiger partial charge in [0, 0.05) is 6.20 Å². The normalized spacial score (nSPS) is 10.7. The van der Waals surface area contributed by atoms with Crippen molar-refractivity contribution in [2.75, 3.05) is 0 Å². The van der Waals surface area contributed by atoms with Gasteiger partial charge in [0.1, 0.15) is 18.1 Å². The first kappa shape index (κ1) is 17.8. The maximum absolute atomic E-state index is 11.9. The minimum atomic E-state index is -0.358. The number of carbonyl (C=O) groups excluding carboxylic acids is 1. The van der Waals surface area contributed by atoms with Crippen LogP contribution in [-0.2, 0) is 6.61 Å². The number of rotatable bonds is 6. The lowest BCUT2D eigenvalue weighted by Crippen LogP contribution is -2.18. The molecule has 2 aromatic carbocycles. The Morgan fingerprint density at radius 1 is 1.12 bits per heavy atom. The number of nitrogens with zero attached hydrogens (tertiary/aromatic N) is 2. The van der Waals surface area contributed by atoms with Crippen molar-refractivity contribution in [1.29, 1.82) is 0 Å². The average molecular weight is 410 g/mol. The summed E-state index contributed by atoms with van der Waals surface area (Å²) in [5.41, 5.74) is 4.69. The fraction of sp³-hybridized carbons (Fsp3) is 0.0500. The molecule has 0 unspecified atom stereocenters. The van der Waals surface area contributed by atoms with E-state index < -0.39 is 0 Å². The van der Waals surface area contributed by atoms with Crippen molar-refractivity contribution in [1.82, 2.24) is 10.4 Å². The van der Waals surface area contributed by atoms with Crippen molar-refractivity contribution >= 4 is 28.1 Å². The highest BCUT2D eigenvalue weighted by Gasteiger charge is 2.05. The molecule has 1 amide bonds. The highest BCUT2D eigenvalue weighted by Crippen LogP contribution is 2.26. The molecular weight excluding hydrogens is 394 g/mol. The third-order valence-electron chi connectivity index (χ3n) is 3.47. The molecule has 0 aliphatic rings. The van der Waals surface area contributed by atoms with Crippen LogP contribution >= 0.6 is 15.9 Å². The van der Waals surface area contributed by atoms with Crippen molar-refractivity contribution in [2.45, 2.75) is 6.61 Å². The Hall–Kier alpha value is -2.99. The lowest BCUT2D eigenvalue weighted by molar-refractivity contribution is 0.0950. The maximum atomic E-state index is 11.9. The Balaban J connectivity index is 1.58. The van der Waals surface area contributed by atoms with E-state index in [2.05, 4.69) is 31.4 Å². The largest absolute Gasteiger partial charge is 0.488 e. The quantitative estimate of drug-likeness (QED) is 0.490. The SMILES string of the molecule is O=C(NN=Cc1ccc(OCc2ccccc2)c(Br)c1)c1ccccn1.